The molecule has 1 aromatic carbocycles. The Bertz CT molecular complexity index is 528. The Hall–Kier alpha value is -1.33. The average Bonchev–Trinajstić information content (AvgIpc) is 3.06. The summed E-state index contributed by atoms with van der Waals surface area (Å²) >= 11 is 1.71. The Labute approximate surface area is 116 Å². The Morgan fingerprint density at radius 2 is 2.11 bits per heavy atom. The van der Waals surface area contributed by atoms with Gasteiger partial charge in [-0.3, -0.25) is 0 Å². The molecule has 5 heteroatoms. The van der Waals surface area contributed by atoms with Gasteiger partial charge < -0.3 is 10.3 Å². The van der Waals surface area contributed by atoms with Crippen molar-refractivity contribution in [2.75, 3.05) is 0 Å². The Morgan fingerprint density at radius 3 is 2.84 bits per heavy atom. The lowest BCUT2D eigenvalue weighted by Crippen LogP contribution is -2.22. The number of rotatable bonds is 4. The zero-order valence-electron chi connectivity index (χ0n) is 10.7. The molecule has 1 aliphatic carbocycles. The van der Waals surface area contributed by atoms with Gasteiger partial charge in [0, 0.05) is 10.9 Å². The lowest BCUT2D eigenvalue weighted by Gasteiger charge is -2.08. The third-order valence-corrected chi connectivity index (χ3v) is 4.49. The molecule has 0 aliphatic heterocycles. The zero-order valence-corrected chi connectivity index (χ0v) is 11.5. The number of nitrogens with zero attached hydrogens (tertiary/aromatic N) is 2. The fourth-order valence-electron chi connectivity index (χ4n) is 2.44. The fourth-order valence-corrected chi connectivity index (χ4v) is 3.20. The summed E-state index contributed by atoms with van der Waals surface area (Å²) in [6.07, 6.45) is 3.28. The van der Waals surface area contributed by atoms with Gasteiger partial charge in [-0.05, 0) is 25.0 Å². The molecular weight excluding hydrogens is 258 g/mol. The third kappa shape index (κ3) is 2.98. The van der Waals surface area contributed by atoms with E-state index in [1.54, 1.807) is 11.8 Å². The van der Waals surface area contributed by atoms with Crippen molar-refractivity contribution in [3.05, 3.63) is 42.0 Å². The van der Waals surface area contributed by atoms with Gasteiger partial charge in [0.1, 0.15) is 0 Å². The number of aromatic nitrogens is 2. The SMILES string of the molecule is NC1CCCC1c1nc(CSc2ccccc2)no1. The number of hydrogen-bond donors (Lipinski definition) is 1. The van der Waals surface area contributed by atoms with Crippen molar-refractivity contribution in [1.29, 1.82) is 0 Å². The molecular formula is C14H17N3OS. The van der Waals surface area contributed by atoms with E-state index in [1.165, 1.54) is 4.90 Å². The largest absolute Gasteiger partial charge is 0.339 e. The van der Waals surface area contributed by atoms with Gasteiger partial charge in [0.25, 0.3) is 0 Å². The first-order chi connectivity index (χ1) is 9.33. The minimum atomic E-state index is 0.176. The van der Waals surface area contributed by atoms with Gasteiger partial charge in [0.05, 0.1) is 11.7 Å². The monoisotopic (exact) mass is 275 g/mol. The predicted molar refractivity (Wildman–Crippen MR) is 74.9 cm³/mol. The number of thioether (sulfide) groups is 1. The minimum Gasteiger partial charge on any atom is -0.339 e. The van der Waals surface area contributed by atoms with Gasteiger partial charge in [0.2, 0.25) is 5.89 Å². The highest BCUT2D eigenvalue weighted by atomic mass is 32.2. The summed E-state index contributed by atoms with van der Waals surface area (Å²) < 4.78 is 5.35. The van der Waals surface area contributed by atoms with Crippen molar-refractivity contribution < 1.29 is 4.52 Å². The van der Waals surface area contributed by atoms with E-state index in [4.69, 9.17) is 10.3 Å². The van der Waals surface area contributed by atoms with Crippen LogP contribution in [-0.4, -0.2) is 16.2 Å². The number of hydrogen-bond acceptors (Lipinski definition) is 5. The van der Waals surface area contributed by atoms with Crippen molar-refractivity contribution in [3.8, 4) is 0 Å². The van der Waals surface area contributed by atoms with Crippen LogP contribution in [0.25, 0.3) is 0 Å². The molecule has 100 valence electrons. The smallest absolute Gasteiger partial charge is 0.231 e. The average molecular weight is 275 g/mol. The van der Waals surface area contributed by atoms with Crippen LogP contribution in [0.15, 0.2) is 39.8 Å². The topological polar surface area (TPSA) is 64.9 Å². The third-order valence-electron chi connectivity index (χ3n) is 3.48. The molecule has 0 amide bonds. The second-order valence-corrected chi connectivity index (χ2v) is 5.90. The van der Waals surface area contributed by atoms with Gasteiger partial charge >= 0.3 is 0 Å². The molecule has 2 unspecified atom stereocenters. The summed E-state index contributed by atoms with van der Waals surface area (Å²) in [6.45, 7) is 0. The Kier molecular flexibility index (Phi) is 3.84. The van der Waals surface area contributed by atoms with Crippen LogP contribution in [0, 0.1) is 0 Å². The molecule has 0 spiro atoms. The molecule has 1 aliphatic rings. The van der Waals surface area contributed by atoms with E-state index < -0.39 is 0 Å². The van der Waals surface area contributed by atoms with E-state index >= 15 is 0 Å². The van der Waals surface area contributed by atoms with Crippen molar-refractivity contribution in [2.24, 2.45) is 5.73 Å². The molecule has 2 atom stereocenters. The van der Waals surface area contributed by atoms with Gasteiger partial charge in [-0.1, -0.05) is 29.8 Å². The first kappa shape index (κ1) is 12.7. The molecule has 1 saturated carbocycles. The first-order valence-electron chi connectivity index (χ1n) is 6.59. The predicted octanol–water partition coefficient (Wildman–Crippen LogP) is 2.96. The Morgan fingerprint density at radius 1 is 1.26 bits per heavy atom. The molecule has 4 nitrogen and oxygen atoms in total. The normalized spacial score (nSPS) is 22.8. The van der Waals surface area contributed by atoms with Crippen molar-refractivity contribution in [2.45, 2.75) is 41.9 Å². The molecule has 1 aromatic heterocycles. The molecule has 2 N–H and O–H groups in total. The summed E-state index contributed by atoms with van der Waals surface area (Å²) in [5, 5.41) is 4.05. The van der Waals surface area contributed by atoms with E-state index in [1.807, 2.05) is 18.2 Å². The number of benzene rings is 1. The molecule has 0 radical (unpaired) electrons. The maximum Gasteiger partial charge on any atom is 0.231 e. The standard InChI is InChI=1S/C14H17N3OS/c15-12-8-4-7-11(12)14-16-13(17-18-14)9-19-10-5-2-1-3-6-10/h1-3,5-6,11-12H,4,7-9,15H2. The van der Waals surface area contributed by atoms with E-state index in [0.717, 1.165) is 30.8 Å². The summed E-state index contributed by atoms with van der Waals surface area (Å²) in [4.78, 5) is 5.69. The first-order valence-corrected chi connectivity index (χ1v) is 7.57. The molecule has 3 rings (SSSR count). The van der Waals surface area contributed by atoms with Crippen LogP contribution in [0.2, 0.25) is 0 Å². The van der Waals surface area contributed by atoms with Gasteiger partial charge in [0.15, 0.2) is 5.82 Å². The van der Waals surface area contributed by atoms with E-state index in [9.17, 15) is 0 Å². The highest BCUT2D eigenvalue weighted by Crippen LogP contribution is 2.32. The molecule has 2 aromatic rings. The lowest BCUT2D eigenvalue weighted by molar-refractivity contribution is 0.342. The van der Waals surface area contributed by atoms with Crippen LogP contribution in [0.3, 0.4) is 0 Å². The van der Waals surface area contributed by atoms with Crippen LogP contribution >= 0.6 is 11.8 Å². The summed E-state index contributed by atoms with van der Waals surface area (Å²) in [5.41, 5.74) is 6.05. The fraction of sp³-hybridized carbons (Fsp3) is 0.429. The van der Waals surface area contributed by atoms with Crippen molar-refractivity contribution in [3.63, 3.8) is 0 Å². The van der Waals surface area contributed by atoms with Crippen molar-refractivity contribution >= 4 is 11.8 Å². The zero-order chi connectivity index (χ0) is 13.1. The van der Waals surface area contributed by atoms with Crippen LogP contribution in [0.4, 0.5) is 0 Å². The van der Waals surface area contributed by atoms with E-state index in [-0.39, 0.29) is 12.0 Å². The van der Waals surface area contributed by atoms with Crippen molar-refractivity contribution in [1.82, 2.24) is 10.1 Å². The maximum atomic E-state index is 6.05. The van der Waals surface area contributed by atoms with E-state index in [2.05, 4.69) is 22.3 Å². The second kappa shape index (κ2) is 5.75. The second-order valence-electron chi connectivity index (χ2n) is 4.85. The maximum absolute atomic E-state index is 6.05. The number of nitrogens with two attached hydrogens (primary N) is 1. The lowest BCUT2D eigenvalue weighted by atomic mass is 10.1. The minimum absolute atomic E-state index is 0.176. The van der Waals surface area contributed by atoms with Crippen LogP contribution in [0.5, 0.6) is 0 Å². The Balaban J connectivity index is 1.62. The van der Waals surface area contributed by atoms with Crippen LogP contribution in [-0.2, 0) is 5.75 Å². The van der Waals surface area contributed by atoms with Crippen LogP contribution in [0.1, 0.15) is 36.9 Å². The highest BCUT2D eigenvalue weighted by molar-refractivity contribution is 7.98. The highest BCUT2D eigenvalue weighted by Gasteiger charge is 2.30. The van der Waals surface area contributed by atoms with Gasteiger partial charge in [-0.25, -0.2) is 0 Å². The molecule has 19 heavy (non-hydrogen) atoms. The summed E-state index contributed by atoms with van der Waals surface area (Å²) in [6, 6.07) is 10.4. The van der Waals surface area contributed by atoms with Gasteiger partial charge in [-0.2, -0.15) is 4.98 Å². The molecule has 0 bridgehead atoms. The summed E-state index contributed by atoms with van der Waals surface area (Å²) in [7, 11) is 0. The van der Waals surface area contributed by atoms with Crippen LogP contribution < -0.4 is 5.73 Å². The summed E-state index contributed by atoms with van der Waals surface area (Å²) in [5.74, 6) is 2.45. The quantitative estimate of drug-likeness (QED) is 0.869. The van der Waals surface area contributed by atoms with Gasteiger partial charge in [-0.15, -0.1) is 11.8 Å². The molecule has 0 saturated heterocycles. The van der Waals surface area contributed by atoms with E-state index in [0.29, 0.717) is 5.89 Å². The molecule has 1 fully saturated rings. The molecule has 1 heterocycles.